The van der Waals surface area contributed by atoms with Gasteiger partial charge in [0.25, 0.3) is 0 Å². The summed E-state index contributed by atoms with van der Waals surface area (Å²) in [5.41, 5.74) is 1.36. The second-order valence-corrected chi connectivity index (χ2v) is 5.29. The first-order chi connectivity index (χ1) is 9.36. The fourth-order valence-electron chi connectivity index (χ4n) is 2.36. The Morgan fingerprint density at radius 2 is 1.84 bits per heavy atom. The molecule has 0 spiro atoms. The smallest absolute Gasteiger partial charge is 0.0208 e. The van der Waals surface area contributed by atoms with Crippen LogP contribution in [-0.2, 0) is 6.54 Å². The van der Waals surface area contributed by atoms with E-state index in [-0.39, 0.29) is 0 Å². The van der Waals surface area contributed by atoms with E-state index in [9.17, 15) is 0 Å². The van der Waals surface area contributed by atoms with Crippen molar-refractivity contribution < 1.29 is 0 Å². The Morgan fingerprint density at radius 1 is 1.11 bits per heavy atom. The number of rotatable bonds is 11. The maximum absolute atomic E-state index is 3.87. The maximum Gasteiger partial charge on any atom is 0.0208 e. The Hall–Kier alpha value is -1.08. The van der Waals surface area contributed by atoms with Gasteiger partial charge >= 0.3 is 0 Å². The Labute approximate surface area is 119 Å². The summed E-state index contributed by atoms with van der Waals surface area (Å²) in [7, 11) is 0. The zero-order valence-corrected chi connectivity index (χ0v) is 12.4. The molecule has 1 heteroatoms. The Bertz CT molecular complexity index is 318. The molecule has 0 heterocycles. The molecule has 1 atom stereocenters. The fourth-order valence-corrected chi connectivity index (χ4v) is 2.36. The molecule has 0 saturated heterocycles. The van der Waals surface area contributed by atoms with Crippen LogP contribution in [0.3, 0.4) is 0 Å². The quantitative estimate of drug-likeness (QED) is 0.431. The lowest BCUT2D eigenvalue weighted by atomic mass is 10.0. The average Bonchev–Trinajstić information content (AvgIpc) is 2.45. The molecular weight excluding hydrogens is 230 g/mol. The lowest BCUT2D eigenvalue weighted by Gasteiger charge is -2.17. The van der Waals surface area contributed by atoms with Gasteiger partial charge in [-0.1, -0.05) is 75.4 Å². The first-order valence-electron chi connectivity index (χ1n) is 7.75. The van der Waals surface area contributed by atoms with Crippen molar-refractivity contribution >= 4 is 0 Å². The van der Waals surface area contributed by atoms with Crippen LogP contribution in [0.15, 0.2) is 43.0 Å². The van der Waals surface area contributed by atoms with Gasteiger partial charge in [0.1, 0.15) is 0 Å². The summed E-state index contributed by atoms with van der Waals surface area (Å²) < 4.78 is 0. The summed E-state index contributed by atoms with van der Waals surface area (Å²) in [4.78, 5) is 0. The molecule has 0 saturated carbocycles. The number of nitrogens with one attached hydrogen (secondary N) is 1. The summed E-state index contributed by atoms with van der Waals surface area (Å²) in [6.07, 6.45) is 11.2. The topological polar surface area (TPSA) is 12.0 Å². The van der Waals surface area contributed by atoms with E-state index in [0.29, 0.717) is 6.04 Å². The van der Waals surface area contributed by atoms with Gasteiger partial charge in [0, 0.05) is 12.6 Å². The van der Waals surface area contributed by atoms with Crippen LogP contribution >= 0.6 is 0 Å². The lowest BCUT2D eigenvalue weighted by Crippen LogP contribution is -2.28. The first kappa shape index (κ1) is 16.0. The summed E-state index contributed by atoms with van der Waals surface area (Å²) in [5, 5.41) is 3.66. The van der Waals surface area contributed by atoms with E-state index in [1.807, 2.05) is 6.08 Å². The van der Waals surface area contributed by atoms with E-state index >= 15 is 0 Å². The van der Waals surface area contributed by atoms with Crippen LogP contribution in [0.2, 0.25) is 0 Å². The van der Waals surface area contributed by atoms with Crippen molar-refractivity contribution in [2.75, 3.05) is 0 Å². The van der Waals surface area contributed by atoms with Crippen LogP contribution in [0.1, 0.15) is 57.4 Å². The minimum Gasteiger partial charge on any atom is -0.310 e. The van der Waals surface area contributed by atoms with Crippen molar-refractivity contribution in [2.24, 2.45) is 0 Å². The number of hydrogen-bond acceptors (Lipinski definition) is 1. The van der Waals surface area contributed by atoms with E-state index in [2.05, 4.69) is 49.2 Å². The summed E-state index contributed by atoms with van der Waals surface area (Å²) >= 11 is 0. The van der Waals surface area contributed by atoms with Gasteiger partial charge in [-0.3, -0.25) is 0 Å². The van der Waals surface area contributed by atoms with Gasteiger partial charge in [0.2, 0.25) is 0 Å². The highest BCUT2D eigenvalue weighted by atomic mass is 14.9. The molecule has 1 aromatic rings. The molecule has 1 aromatic carbocycles. The van der Waals surface area contributed by atoms with Crippen LogP contribution in [-0.4, -0.2) is 6.04 Å². The van der Waals surface area contributed by atoms with Gasteiger partial charge in [-0.05, 0) is 18.4 Å². The standard InChI is InChI=1S/C18H29N/c1-3-5-6-7-11-15-18(12-4-2)19-16-17-13-9-8-10-14-17/h4,8-10,13-14,18-19H,2-3,5-7,11-12,15-16H2,1H3. The molecule has 1 unspecified atom stereocenters. The summed E-state index contributed by atoms with van der Waals surface area (Å²) in [5.74, 6) is 0. The third kappa shape index (κ3) is 7.84. The van der Waals surface area contributed by atoms with Crippen molar-refractivity contribution in [3.8, 4) is 0 Å². The molecule has 0 amide bonds. The predicted octanol–water partition coefficient (Wildman–Crippen LogP) is 5.08. The Morgan fingerprint density at radius 3 is 2.53 bits per heavy atom. The second-order valence-electron chi connectivity index (χ2n) is 5.29. The van der Waals surface area contributed by atoms with E-state index < -0.39 is 0 Å². The fraction of sp³-hybridized carbons (Fsp3) is 0.556. The van der Waals surface area contributed by atoms with Gasteiger partial charge in [0.15, 0.2) is 0 Å². The van der Waals surface area contributed by atoms with Gasteiger partial charge in [0.05, 0.1) is 0 Å². The van der Waals surface area contributed by atoms with Crippen LogP contribution in [0.4, 0.5) is 0 Å². The van der Waals surface area contributed by atoms with Crippen LogP contribution in [0.25, 0.3) is 0 Å². The van der Waals surface area contributed by atoms with Crippen molar-refractivity contribution in [2.45, 2.75) is 64.5 Å². The van der Waals surface area contributed by atoms with Crippen LogP contribution in [0, 0.1) is 0 Å². The van der Waals surface area contributed by atoms with Crippen molar-refractivity contribution in [1.82, 2.24) is 5.32 Å². The first-order valence-corrected chi connectivity index (χ1v) is 7.75. The molecule has 0 bridgehead atoms. The van der Waals surface area contributed by atoms with Gasteiger partial charge in [-0.2, -0.15) is 0 Å². The van der Waals surface area contributed by atoms with E-state index in [1.165, 1.54) is 44.1 Å². The Balaban J connectivity index is 2.22. The molecular formula is C18H29N. The Kier molecular flexibility index (Phi) is 9.09. The highest BCUT2D eigenvalue weighted by molar-refractivity contribution is 5.14. The summed E-state index contributed by atoms with van der Waals surface area (Å²) in [6, 6.07) is 11.2. The third-order valence-electron chi connectivity index (χ3n) is 3.55. The average molecular weight is 259 g/mol. The van der Waals surface area contributed by atoms with Crippen LogP contribution in [0.5, 0.6) is 0 Å². The highest BCUT2D eigenvalue weighted by Crippen LogP contribution is 2.10. The molecule has 0 aliphatic rings. The van der Waals surface area contributed by atoms with Gasteiger partial charge in [-0.25, -0.2) is 0 Å². The normalized spacial score (nSPS) is 12.3. The molecule has 0 aliphatic heterocycles. The third-order valence-corrected chi connectivity index (χ3v) is 3.55. The number of benzene rings is 1. The monoisotopic (exact) mass is 259 g/mol. The zero-order chi connectivity index (χ0) is 13.8. The van der Waals surface area contributed by atoms with Gasteiger partial charge < -0.3 is 5.32 Å². The van der Waals surface area contributed by atoms with Crippen molar-refractivity contribution in [1.29, 1.82) is 0 Å². The molecule has 1 rings (SSSR count). The minimum absolute atomic E-state index is 0.583. The lowest BCUT2D eigenvalue weighted by molar-refractivity contribution is 0.455. The molecule has 19 heavy (non-hydrogen) atoms. The second kappa shape index (κ2) is 10.8. The number of unbranched alkanes of at least 4 members (excludes halogenated alkanes) is 4. The number of hydrogen-bond donors (Lipinski definition) is 1. The summed E-state index contributed by atoms with van der Waals surface area (Å²) in [6.45, 7) is 7.11. The molecule has 1 N–H and O–H groups in total. The van der Waals surface area contributed by atoms with E-state index in [0.717, 1.165) is 13.0 Å². The van der Waals surface area contributed by atoms with E-state index in [1.54, 1.807) is 0 Å². The minimum atomic E-state index is 0.583. The predicted molar refractivity (Wildman–Crippen MR) is 85.3 cm³/mol. The highest BCUT2D eigenvalue weighted by Gasteiger charge is 2.05. The molecule has 1 nitrogen and oxygen atoms in total. The molecule has 106 valence electrons. The van der Waals surface area contributed by atoms with E-state index in [4.69, 9.17) is 0 Å². The maximum atomic E-state index is 3.87. The largest absolute Gasteiger partial charge is 0.310 e. The molecule has 0 fully saturated rings. The van der Waals surface area contributed by atoms with Crippen molar-refractivity contribution in [3.05, 3.63) is 48.6 Å². The van der Waals surface area contributed by atoms with Crippen molar-refractivity contribution in [3.63, 3.8) is 0 Å². The van der Waals surface area contributed by atoms with Gasteiger partial charge in [-0.15, -0.1) is 6.58 Å². The zero-order valence-electron chi connectivity index (χ0n) is 12.4. The van der Waals surface area contributed by atoms with Crippen LogP contribution < -0.4 is 5.32 Å². The molecule has 0 aromatic heterocycles. The molecule has 0 aliphatic carbocycles. The SMILES string of the molecule is C=CCC(CCCCCCC)NCc1ccccc1. The molecule has 0 radical (unpaired) electrons.